The summed E-state index contributed by atoms with van der Waals surface area (Å²) in [6, 6.07) is 0.645. The Morgan fingerprint density at radius 2 is 2.18 bits per heavy atom. The van der Waals surface area contributed by atoms with E-state index in [1.165, 1.54) is 32.1 Å². The number of hydrogen-bond donors (Lipinski definition) is 1. The van der Waals surface area contributed by atoms with Crippen LogP contribution in [0.5, 0.6) is 0 Å². The number of nitrogens with zero attached hydrogens (tertiary/aromatic N) is 1. The van der Waals surface area contributed by atoms with Crippen molar-refractivity contribution in [2.75, 3.05) is 33.3 Å². The molecule has 0 aromatic heterocycles. The predicted octanol–water partition coefficient (Wildman–Crippen LogP) is 2.27. The Morgan fingerprint density at radius 3 is 2.76 bits per heavy atom. The van der Waals surface area contributed by atoms with Crippen molar-refractivity contribution in [1.29, 1.82) is 0 Å². The topological polar surface area (TPSA) is 24.5 Å². The van der Waals surface area contributed by atoms with Crippen LogP contribution in [0.2, 0.25) is 0 Å². The summed E-state index contributed by atoms with van der Waals surface area (Å²) in [5.41, 5.74) is 0. The van der Waals surface area contributed by atoms with Crippen LogP contribution in [-0.2, 0) is 4.74 Å². The highest BCUT2D eigenvalue weighted by molar-refractivity contribution is 4.74. The minimum atomic E-state index is 0.480. The SMILES string of the molecule is CCCNC(CCC)CN(C)CC1CCCO1. The molecular formula is C14H30N2O. The zero-order chi connectivity index (χ0) is 12.5. The van der Waals surface area contributed by atoms with Crippen molar-refractivity contribution in [1.82, 2.24) is 10.2 Å². The third kappa shape index (κ3) is 6.39. The Hall–Kier alpha value is -0.120. The second-order valence-corrected chi connectivity index (χ2v) is 5.30. The molecule has 1 rings (SSSR count). The van der Waals surface area contributed by atoms with E-state index in [1.54, 1.807) is 0 Å². The molecule has 0 aromatic rings. The van der Waals surface area contributed by atoms with Gasteiger partial charge in [0.1, 0.15) is 0 Å². The highest BCUT2D eigenvalue weighted by Crippen LogP contribution is 2.13. The van der Waals surface area contributed by atoms with Gasteiger partial charge in [-0.05, 0) is 39.3 Å². The lowest BCUT2D eigenvalue weighted by Gasteiger charge is -2.26. The van der Waals surface area contributed by atoms with Crippen LogP contribution < -0.4 is 5.32 Å². The fourth-order valence-electron chi connectivity index (χ4n) is 2.54. The number of ether oxygens (including phenoxy) is 1. The number of hydrogen-bond acceptors (Lipinski definition) is 3. The van der Waals surface area contributed by atoms with Crippen molar-refractivity contribution in [3.8, 4) is 0 Å². The highest BCUT2D eigenvalue weighted by atomic mass is 16.5. The van der Waals surface area contributed by atoms with E-state index >= 15 is 0 Å². The van der Waals surface area contributed by atoms with Gasteiger partial charge in [-0.25, -0.2) is 0 Å². The first-order valence-corrected chi connectivity index (χ1v) is 7.29. The van der Waals surface area contributed by atoms with E-state index < -0.39 is 0 Å². The summed E-state index contributed by atoms with van der Waals surface area (Å²) in [7, 11) is 2.22. The van der Waals surface area contributed by atoms with E-state index in [0.717, 1.165) is 26.2 Å². The Balaban J connectivity index is 2.21. The second-order valence-electron chi connectivity index (χ2n) is 5.30. The van der Waals surface area contributed by atoms with Gasteiger partial charge in [-0.2, -0.15) is 0 Å². The molecule has 0 radical (unpaired) electrons. The molecule has 3 nitrogen and oxygen atoms in total. The molecule has 1 saturated heterocycles. The molecule has 3 heteroatoms. The molecule has 1 aliphatic rings. The summed E-state index contributed by atoms with van der Waals surface area (Å²) < 4.78 is 5.68. The van der Waals surface area contributed by atoms with Crippen molar-refractivity contribution >= 4 is 0 Å². The van der Waals surface area contributed by atoms with Crippen LogP contribution in [0.15, 0.2) is 0 Å². The summed E-state index contributed by atoms with van der Waals surface area (Å²) in [5, 5.41) is 3.64. The summed E-state index contributed by atoms with van der Waals surface area (Å²) >= 11 is 0. The average molecular weight is 242 g/mol. The molecule has 0 amide bonds. The fraction of sp³-hybridized carbons (Fsp3) is 1.00. The zero-order valence-electron chi connectivity index (χ0n) is 11.9. The van der Waals surface area contributed by atoms with E-state index in [4.69, 9.17) is 4.74 Å². The molecule has 102 valence electrons. The molecule has 1 N–H and O–H groups in total. The quantitative estimate of drug-likeness (QED) is 0.671. The summed E-state index contributed by atoms with van der Waals surface area (Å²) in [6.45, 7) is 8.83. The maximum absolute atomic E-state index is 5.68. The molecule has 1 heterocycles. The Bertz CT molecular complexity index is 181. The molecule has 2 atom stereocenters. The summed E-state index contributed by atoms with van der Waals surface area (Å²) in [6.07, 6.45) is 6.71. The first kappa shape index (κ1) is 14.9. The van der Waals surface area contributed by atoms with Crippen molar-refractivity contribution in [2.24, 2.45) is 0 Å². The Labute approximate surface area is 107 Å². The molecule has 17 heavy (non-hydrogen) atoms. The van der Waals surface area contributed by atoms with E-state index in [0.29, 0.717) is 12.1 Å². The van der Waals surface area contributed by atoms with Crippen molar-refractivity contribution in [2.45, 2.75) is 58.1 Å². The molecule has 2 unspecified atom stereocenters. The van der Waals surface area contributed by atoms with E-state index in [1.807, 2.05) is 0 Å². The van der Waals surface area contributed by atoms with Crippen LogP contribution in [0.25, 0.3) is 0 Å². The number of rotatable bonds is 9. The normalized spacial score (nSPS) is 22.2. The van der Waals surface area contributed by atoms with Crippen LogP contribution in [0, 0.1) is 0 Å². The third-order valence-electron chi connectivity index (χ3n) is 3.39. The Kier molecular flexibility index (Phi) is 7.82. The monoisotopic (exact) mass is 242 g/mol. The first-order chi connectivity index (χ1) is 8.26. The van der Waals surface area contributed by atoms with E-state index in [9.17, 15) is 0 Å². The smallest absolute Gasteiger partial charge is 0.0702 e. The van der Waals surface area contributed by atoms with Gasteiger partial charge in [0.25, 0.3) is 0 Å². The fourth-order valence-corrected chi connectivity index (χ4v) is 2.54. The molecule has 0 aromatic carbocycles. The molecule has 0 bridgehead atoms. The Morgan fingerprint density at radius 1 is 1.35 bits per heavy atom. The van der Waals surface area contributed by atoms with Gasteiger partial charge in [-0.3, -0.25) is 0 Å². The summed E-state index contributed by atoms with van der Waals surface area (Å²) in [4.78, 5) is 2.43. The minimum absolute atomic E-state index is 0.480. The maximum Gasteiger partial charge on any atom is 0.0702 e. The van der Waals surface area contributed by atoms with Crippen molar-refractivity contribution in [3.05, 3.63) is 0 Å². The van der Waals surface area contributed by atoms with Crippen LogP contribution in [0.3, 0.4) is 0 Å². The number of likely N-dealkylation sites (N-methyl/N-ethyl adjacent to an activating group) is 1. The molecule has 0 aliphatic carbocycles. The largest absolute Gasteiger partial charge is 0.377 e. The van der Waals surface area contributed by atoms with Gasteiger partial charge in [0, 0.05) is 25.7 Å². The molecular weight excluding hydrogens is 212 g/mol. The van der Waals surface area contributed by atoms with Crippen LogP contribution in [-0.4, -0.2) is 50.3 Å². The van der Waals surface area contributed by atoms with Crippen LogP contribution >= 0.6 is 0 Å². The molecule has 0 saturated carbocycles. The minimum Gasteiger partial charge on any atom is -0.377 e. The predicted molar refractivity (Wildman–Crippen MR) is 73.5 cm³/mol. The lowest BCUT2D eigenvalue weighted by atomic mass is 10.1. The van der Waals surface area contributed by atoms with Gasteiger partial charge in [-0.1, -0.05) is 20.3 Å². The lowest BCUT2D eigenvalue weighted by Crippen LogP contribution is -2.42. The van der Waals surface area contributed by atoms with Gasteiger partial charge in [0.15, 0.2) is 0 Å². The maximum atomic E-state index is 5.68. The van der Waals surface area contributed by atoms with Crippen molar-refractivity contribution < 1.29 is 4.74 Å². The first-order valence-electron chi connectivity index (χ1n) is 7.29. The molecule has 1 fully saturated rings. The second kappa shape index (κ2) is 8.90. The standard InChI is InChI=1S/C14H30N2O/c1-4-7-13(15-9-5-2)11-16(3)12-14-8-6-10-17-14/h13-15H,4-12H2,1-3H3. The van der Waals surface area contributed by atoms with Gasteiger partial charge in [-0.15, -0.1) is 0 Å². The molecule has 0 spiro atoms. The number of nitrogens with one attached hydrogen (secondary N) is 1. The van der Waals surface area contributed by atoms with Gasteiger partial charge >= 0.3 is 0 Å². The van der Waals surface area contributed by atoms with Gasteiger partial charge in [0.05, 0.1) is 6.10 Å². The van der Waals surface area contributed by atoms with Gasteiger partial charge in [0.2, 0.25) is 0 Å². The third-order valence-corrected chi connectivity index (χ3v) is 3.39. The average Bonchev–Trinajstić information content (AvgIpc) is 2.78. The van der Waals surface area contributed by atoms with Gasteiger partial charge < -0.3 is 15.0 Å². The van der Waals surface area contributed by atoms with Crippen LogP contribution in [0.1, 0.15) is 46.0 Å². The highest BCUT2D eigenvalue weighted by Gasteiger charge is 2.18. The lowest BCUT2D eigenvalue weighted by molar-refractivity contribution is 0.0781. The summed E-state index contributed by atoms with van der Waals surface area (Å²) in [5.74, 6) is 0. The van der Waals surface area contributed by atoms with Crippen LogP contribution in [0.4, 0.5) is 0 Å². The van der Waals surface area contributed by atoms with Crippen molar-refractivity contribution in [3.63, 3.8) is 0 Å². The zero-order valence-corrected chi connectivity index (χ0v) is 11.9. The van der Waals surface area contributed by atoms with E-state index in [2.05, 4.69) is 31.1 Å². The molecule has 1 aliphatic heterocycles. The van der Waals surface area contributed by atoms with E-state index in [-0.39, 0.29) is 0 Å².